The van der Waals surface area contributed by atoms with Crippen molar-refractivity contribution in [3.63, 3.8) is 0 Å². The van der Waals surface area contributed by atoms with Crippen molar-refractivity contribution in [2.75, 3.05) is 66.6 Å². The summed E-state index contributed by atoms with van der Waals surface area (Å²) in [6.45, 7) is 7.75. The predicted molar refractivity (Wildman–Crippen MR) is 121 cm³/mol. The van der Waals surface area contributed by atoms with Crippen molar-refractivity contribution in [3.05, 3.63) is 29.8 Å². The van der Waals surface area contributed by atoms with Gasteiger partial charge in [-0.25, -0.2) is 4.99 Å². The Bertz CT molecular complexity index is 551. The van der Waals surface area contributed by atoms with Crippen molar-refractivity contribution >= 4 is 29.9 Å². The minimum atomic E-state index is 0. The number of hydrogen-bond donors (Lipinski definition) is 2. The van der Waals surface area contributed by atoms with Gasteiger partial charge in [0.15, 0.2) is 5.96 Å². The molecule has 1 fully saturated rings. The number of nitrogens with two attached hydrogens (primary N) is 1. The monoisotopic (exact) mass is 491 g/mol. The molecule has 0 saturated carbocycles. The van der Waals surface area contributed by atoms with E-state index < -0.39 is 0 Å². The molecule has 7 nitrogen and oxygen atoms in total. The van der Waals surface area contributed by atoms with E-state index in [1.807, 2.05) is 38.4 Å². The topological polar surface area (TPSA) is 75.3 Å². The second-order valence-corrected chi connectivity index (χ2v) is 6.73. The number of halogens is 1. The summed E-state index contributed by atoms with van der Waals surface area (Å²) in [4.78, 5) is 8.93. The fourth-order valence-electron chi connectivity index (χ4n) is 2.66. The molecule has 1 heterocycles. The third-order valence-electron chi connectivity index (χ3n) is 4.20. The van der Waals surface area contributed by atoms with Crippen LogP contribution in [0, 0.1) is 0 Å². The smallest absolute Gasteiger partial charge is 0.188 e. The van der Waals surface area contributed by atoms with Gasteiger partial charge in [0.1, 0.15) is 12.4 Å². The number of hydrogen-bond acceptors (Lipinski definition) is 5. The molecule has 2 rings (SSSR count). The van der Waals surface area contributed by atoms with E-state index in [9.17, 15) is 0 Å². The van der Waals surface area contributed by atoms with Gasteiger partial charge in [-0.2, -0.15) is 0 Å². The molecule has 1 aromatic rings. The third-order valence-corrected chi connectivity index (χ3v) is 4.20. The molecule has 0 radical (unpaired) electrons. The van der Waals surface area contributed by atoms with Crippen LogP contribution >= 0.6 is 24.0 Å². The Hall–Kier alpha value is -1.10. The summed E-state index contributed by atoms with van der Waals surface area (Å²) in [5, 5.41) is 3.19. The SMILES string of the molecule is CN(C)CCOc1cccc(CN=C(N)NCCCN2CCOCC2)c1.I. The predicted octanol–water partition coefficient (Wildman–Crippen LogP) is 1.37. The quantitative estimate of drug-likeness (QED) is 0.223. The van der Waals surface area contributed by atoms with E-state index in [2.05, 4.69) is 20.1 Å². The Morgan fingerprint density at radius 3 is 2.85 bits per heavy atom. The van der Waals surface area contributed by atoms with Gasteiger partial charge in [0.2, 0.25) is 0 Å². The van der Waals surface area contributed by atoms with Gasteiger partial charge in [0.25, 0.3) is 0 Å². The molecule has 1 saturated heterocycles. The number of aliphatic imine (C=N–C) groups is 1. The minimum absolute atomic E-state index is 0. The Morgan fingerprint density at radius 1 is 1.33 bits per heavy atom. The average molecular weight is 491 g/mol. The number of nitrogens with zero attached hydrogens (tertiary/aromatic N) is 3. The maximum atomic E-state index is 5.96. The van der Waals surface area contributed by atoms with E-state index in [1.165, 1.54) is 0 Å². The zero-order chi connectivity index (χ0) is 18.6. The maximum absolute atomic E-state index is 5.96. The molecule has 1 aliphatic rings. The van der Waals surface area contributed by atoms with Crippen LogP contribution in [0.25, 0.3) is 0 Å². The fourth-order valence-corrected chi connectivity index (χ4v) is 2.66. The van der Waals surface area contributed by atoms with Crippen LogP contribution in [0.3, 0.4) is 0 Å². The van der Waals surface area contributed by atoms with Gasteiger partial charge in [-0.15, -0.1) is 24.0 Å². The molecular weight excluding hydrogens is 457 g/mol. The Morgan fingerprint density at radius 2 is 2.11 bits per heavy atom. The Kier molecular flexibility index (Phi) is 12.4. The van der Waals surface area contributed by atoms with Gasteiger partial charge < -0.3 is 25.4 Å². The van der Waals surface area contributed by atoms with E-state index in [0.717, 1.165) is 63.7 Å². The van der Waals surface area contributed by atoms with E-state index in [-0.39, 0.29) is 24.0 Å². The number of benzene rings is 1. The molecular formula is C19H34IN5O2. The van der Waals surface area contributed by atoms with E-state index >= 15 is 0 Å². The van der Waals surface area contributed by atoms with Crippen molar-refractivity contribution in [3.8, 4) is 5.75 Å². The van der Waals surface area contributed by atoms with Gasteiger partial charge >= 0.3 is 0 Å². The number of likely N-dealkylation sites (N-methyl/N-ethyl adjacent to an activating group) is 1. The number of nitrogens with one attached hydrogen (secondary N) is 1. The third kappa shape index (κ3) is 10.7. The molecule has 0 unspecified atom stereocenters. The lowest BCUT2D eigenvalue weighted by Gasteiger charge is -2.26. The highest BCUT2D eigenvalue weighted by Crippen LogP contribution is 2.14. The summed E-state index contributed by atoms with van der Waals surface area (Å²) < 4.78 is 11.1. The molecule has 1 aromatic carbocycles. The largest absolute Gasteiger partial charge is 0.492 e. The number of rotatable bonds is 10. The van der Waals surface area contributed by atoms with Crippen LogP contribution < -0.4 is 15.8 Å². The van der Waals surface area contributed by atoms with Gasteiger partial charge in [0.05, 0.1) is 19.8 Å². The first kappa shape index (κ1) is 23.9. The zero-order valence-corrected chi connectivity index (χ0v) is 18.9. The number of guanidine groups is 1. The maximum Gasteiger partial charge on any atom is 0.188 e. The molecule has 0 aromatic heterocycles. The van der Waals surface area contributed by atoms with Crippen LogP contribution in [-0.4, -0.2) is 82.4 Å². The molecule has 0 bridgehead atoms. The normalized spacial score (nSPS) is 15.4. The van der Waals surface area contributed by atoms with Crippen molar-refractivity contribution < 1.29 is 9.47 Å². The molecule has 0 aliphatic carbocycles. The molecule has 154 valence electrons. The highest BCUT2D eigenvalue weighted by atomic mass is 127. The minimum Gasteiger partial charge on any atom is -0.492 e. The summed E-state index contributed by atoms with van der Waals surface area (Å²) >= 11 is 0. The van der Waals surface area contributed by atoms with Crippen LogP contribution in [0.2, 0.25) is 0 Å². The zero-order valence-electron chi connectivity index (χ0n) is 16.5. The van der Waals surface area contributed by atoms with Crippen molar-refractivity contribution in [2.45, 2.75) is 13.0 Å². The molecule has 1 aliphatic heterocycles. The summed E-state index contributed by atoms with van der Waals surface area (Å²) in [5.41, 5.74) is 7.05. The molecule has 0 atom stereocenters. The lowest BCUT2D eigenvalue weighted by Crippen LogP contribution is -2.39. The Labute approximate surface area is 180 Å². The van der Waals surface area contributed by atoms with E-state index in [1.54, 1.807) is 0 Å². The van der Waals surface area contributed by atoms with Crippen LogP contribution in [0.15, 0.2) is 29.3 Å². The first-order valence-electron chi connectivity index (χ1n) is 9.34. The van der Waals surface area contributed by atoms with Crippen LogP contribution in [0.5, 0.6) is 5.75 Å². The molecule has 0 spiro atoms. The standard InChI is InChI=1S/C19H33N5O2.HI/c1-23(2)9-14-26-18-6-3-5-17(15-18)16-22-19(20)21-7-4-8-24-10-12-25-13-11-24;/h3,5-6,15H,4,7-14,16H2,1-2H3,(H3,20,21,22);1H. The average Bonchev–Trinajstić information content (AvgIpc) is 2.64. The van der Waals surface area contributed by atoms with Gasteiger partial charge in [-0.3, -0.25) is 4.90 Å². The van der Waals surface area contributed by atoms with Crippen LogP contribution in [0.4, 0.5) is 0 Å². The molecule has 0 amide bonds. The van der Waals surface area contributed by atoms with Crippen molar-refractivity contribution in [1.29, 1.82) is 0 Å². The molecule has 8 heteroatoms. The lowest BCUT2D eigenvalue weighted by molar-refractivity contribution is 0.0376. The highest BCUT2D eigenvalue weighted by Gasteiger charge is 2.09. The first-order chi connectivity index (χ1) is 12.6. The van der Waals surface area contributed by atoms with Crippen molar-refractivity contribution in [1.82, 2.24) is 15.1 Å². The second kappa shape index (κ2) is 14.0. The van der Waals surface area contributed by atoms with Crippen LogP contribution in [-0.2, 0) is 11.3 Å². The van der Waals surface area contributed by atoms with Gasteiger partial charge in [0, 0.05) is 26.2 Å². The summed E-state index contributed by atoms with van der Waals surface area (Å²) in [6, 6.07) is 8.01. The molecule has 3 N–H and O–H groups in total. The summed E-state index contributed by atoms with van der Waals surface area (Å²) in [7, 11) is 4.07. The first-order valence-corrected chi connectivity index (χ1v) is 9.34. The van der Waals surface area contributed by atoms with Gasteiger partial charge in [-0.1, -0.05) is 12.1 Å². The summed E-state index contributed by atoms with van der Waals surface area (Å²) in [5.74, 6) is 1.36. The molecule has 27 heavy (non-hydrogen) atoms. The fraction of sp³-hybridized carbons (Fsp3) is 0.632. The van der Waals surface area contributed by atoms with E-state index in [0.29, 0.717) is 19.1 Å². The second-order valence-electron chi connectivity index (χ2n) is 6.73. The Balaban J connectivity index is 0.00000364. The van der Waals surface area contributed by atoms with E-state index in [4.69, 9.17) is 15.2 Å². The number of ether oxygens (including phenoxy) is 2. The highest BCUT2D eigenvalue weighted by molar-refractivity contribution is 14.0. The van der Waals surface area contributed by atoms with Crippen LogP contribution in [0.1, 0.15) is 12.0 Å². The van der Waals surface area contributed by atoms with Gasteiger partial charge in [-0.05, 0) is 44.8 Å². The van der Waals surface area contributed by atoms with Crippen molar-refractivity contribution in [2.24, 2.45) is 10.7 Å². The number of morpholine rings is 1. The lowest BCUT2D eigenvalue weighted by atomic mass is 10.2. The summed E-state index contributed by atoms with van der Waals surface area (Å²) in [6.07, 6.45) is 1.05.